The molecule has 0 bridgehead atoms. The van der Waals surface area contributed by atoms with Crippen molar-refractivity contribution in [2.45, 2.75) is 19.5 Å². The van der Waals surface area contributed by atoms with Gasteiger partial charge in [0.05, 0.1) is 11.1 Å². The van der Waals surface area contributed by atoms with Gasteiger partial charge in [-0.1, -0.05) is 53.5 Å². The number of carbonyl (C=O) groups is 1. The van der Waals surface area contributed by atoms with Gasteiger partial charge in [-0.15, -0.1) is 0 Å². The number of hydrogen-bond donors (Lipinski definition) is 0. The minimum Gasteiger partial charge on any atom is -0.326 e. The second-order valence-electron chi connectivity index (χ2n) is 3.76. The van der Waals surface area contributed by atoms with Gasteiger partial charge >= 0.3 is 0 Å². The van der Waals surface area contributed by atoms with Gasteiger partial charge in [-0.05, 0) is 12.5 Å². The zero-order valence-corrected chi connectivity index (χ0v) is 10.3. The Morgan fingerprint density at radius 2 is 1.88 bits per heavy atom. The van der Waals surface area contributed by atoms with Crippen LogP contribution < -0.4 is 0 Å². The number of hydrogen-bond acceptors (Lipinski definition) is 1. The van der Waals surface area contributed by atoms with E-state index in [1.54, 1.807) is 4.90 Å². The first-order valence-electron chi connectivity index (χ1n) is 5.01. The highest BCUT2D eigenvalue weighted by Gasteiger charge is 2.34. The minimum atomic E-state index is -0.192. The largest absolute Gasteiger partial charge is 0.326 e. The van der Waals surface area contributed by atoms with Crippen LogP contribution in [-0.4, -0.2) is 16.8 Å². The molecular weight excluding hydrogens is 245 g/mol. The summed E-state index contributed by atoms with van der Waals surface area (Å²) in [6, 6.07) is 9.63. The molecule has 1 aromatic carbocycles. The number of benzene rings is 1. The topological polar surface area (TPSA) is 20.3 Å². The van der Waals surface area contributed by atoms with E-state index in [9.17, 15) is 4.79 Å². The van der Waals surface area contributed by atoms with E-state index in [-0.39, 0.29) is 17.0 Å². The molecule has 84 valence electrons. The van der Waals surface area contributed by atoms with Crippen LogP contribution in [0.4, 0.5) is 0 Å². The monoisotopic (exact) mass is 255 g/mol. The van der Waals surface area contributed by atoms with Gasteiger partial charge in [0.1, 0.15) is 5.03 Å². The molecular formula is C12H11Cl2NO. The van der Waals surface area contributed by atoms with Gasteiger partial charge in [-0.3, -0.25) is 4.79 Å². The van der Waals surface area contributed by atoms with Gasteiger partial charge in [0, 0.05) is 6.54 Å². The van der Waals surface area contributed by atoms with Crippen molar-refractivity contribution in [3.05, 3.63) is 46.0 Å². The van der Waals surface area contributed by atoms with Crippen LogP contribution in [-0.2, 0) is 11.3 Å². The lowest BCUT2D eigenvalue weighted by atomic mass is 10.2. The Labute approximate surface area is 104 Å². The van der Waals surface area contributed by atoms with E-state index < -0.39 is 0 Å². The number of carbonyl (C=O) groups excluding carboxylic acids is 1. The molecule has 1 aliphatic rings. The lowest BCUT2D eigenvalue weighted by Gasteiger charge is -2.22. The average molecular weight is 256 g/mol. The zero-order chi connectivity index (χ0) is 11.7. The molecule has 1 heterocycles. The summed E-state index contributed by atoms with van der Waals surface area (Å²) < 4.78 is 0. The Bertz CT molecular complexity index is 442. The molecule has 1 amide bonds. The van der Waals surface area contributed by atoms with Crippen LogP contribution in [0.15, 0.2) is 40.4 Å². The molecule has 2 nitrogen and oxygen atoms in total. The molecule has 4 heteroatoms. The Balaban J connectivity index is 2.17. The van der Waals surface area contributed by atoms with Gasteiger partial charge in [-0.2, -0.15) is 0 Å². The fourth-order valence-corrected chi connectivity index (χ4v) is 2.18. The fourth-order valence-electron chi connectivity index (χ4n) is 1.71. The predicted molar refractivity (Wildman–Crippen MR) is 65.2 cm³/mol. The molecule has 1 atom stereocenters. The molecule has 0 saturated carbocycles. The van der Waals surface area contributed by atoms with Crippen molar-refractivity contribution >= 4 is 29.1 Å². The fraction of sp³-hybridized carbons (Fsp3) is 0.250. The number of amides is 1. The van der Waals surface area contributed by atoms with Gasteiger partial charge in [0.25, 0.3) is 5.91 Å². The summed E-state index contributed by atoms with van der Waals surface area (Å²) in [5, 5.41) is 0.577. The third-order valence-corrected chi connectivity index (χ3v) is 3.66. The van der Waals surface area contributed by atoms with Crippen molar-refractivity contribution in [2.75, 3.05) is 0 Å². The van der Waals surface area contributed by atoms with E-state index in [1.807, 2.05) is 37.3 Å². The first kappa shape index (κ1) is 11.5. The van der Waals surface area contributed by atoms with Gasteiger partial charge in [0.15, 0.2) is 0 Å². The lowest BCUT2D eigenvalue weighted by Crippen LogP contribution is -2.32. The Morgan fingerprint density at radius 1 is 1.25 bits per heavy atom. The summed E-state index contributed by atoms with van der Waals surface area (Å²) in [5.74, 6) is -0.192. The minimum absolute atomic E-state index is 0.137. The second-order valence-corrected chi connectivity index (χ2v) is 4.54. The van der Waals surface area contributed by atoms with Crippen molar-refractivity contribution in [3.8, 4) is 0 Å². The quantitative estimate of drug-likeness (QED) is 0.796. The zero-order valence-electron chi connectivity index (χ0n) is 8.78. The maximum atomic E-state index is 11.8. The van der Waals surface area contributed by atoms with Crippen molar-refractivity contribution in [2.24, 2.45) is 0 Å². The summed E-state index contributed by atoms with van der Waals surface area (Å²) in [6.07, 6.45) is 0. The first-order chi connectivity index (χ1) is 7.61. The highest BCUT2D eigenvalue weighted by molar-refractivity contribution is 6.49. The molecule has 0 saturated heterocycles. The van der Waals surface area contributed by atoms with E-state index in [0.29, 0.717) is 11.6 Å². The first-order valence-corrected chi connectivity index (χ1v) is 5.77. The smallest absolute Gasteiger partial charge is 0.267 e. The van der Waals surface area contributed by atoms with Crippen molar-refractivity contribution < 1.29 is 4.79 Å². The maximum absolute atomic E-state index is 11.8. The Kier molecular flexibility index (Phi) is 3.22. The van der Waals surface area contributed by atoms with E-state index in [0.717, 1.165) is 5.56 Å². The second kappa shape index (κ2) is 4.48. The van der Waals surface area contributed by atoms with Crippen molar-refractivity contribution in [1.82, 2.24) is 4.90 Å². The molecule has 2 rings (SSSR count). The van der Waals surface area contributed by atoms with E-state index >= 15 is 0 Å². The van der Waals surface area contributed by atoms with Gasteiger partial charge in [0.2, 0.25) is 0 Å². The van der Waals surface area contributed by atoms with E-state index in [2.05, 4.69) is 0 Å². The molecule has 0 spiro atoms. The summed E-state index contributed by atoms with van der Waals surface area (Å²) in [4.78, 5) is 13.4. The molecule has 16 heavy (non-hydrogen) atoms. The third-order valence-electron chi connectivity index (χ3n) is 2.69. The summed E-state index contributed by atoms with van der Waals surface area (Å²) in [6.45, 7) is 2.41. The Morgan fingerprint density at radius 3 is 2.38 bits per heavy atom. The summed E-state index contributed by atoms with van der Waals surface area (Å²) in [7, 11) is 0. The van der Waals surface area contributed by atoms with Crippen LogP contribution in [0.1, 0.15) is 12.5 Å². The van der Waals surface area contributed by atoms with E-state index in [4.69, 9.17) is 23.2 Å². The van der Waals surface area contributed by atoms with Crippen LogP contribution in [0.5, 0.6) is 0 Å². The van der Waals surface area contributed by atoms with Crippen LogP contribution >= 0.6 is 23.2 Å². The number of nitrogens with zero attached hydrogens (tertiary/aromatic N) is 1. The van der Waals surface area contributed by atoms with Crippen LogP contribution in [0.3, 0.4) is 0 Å². The molecule has 0 aromatic heterocycles. The molecule has 0 aliphatic carbocycles. The van der Waals surface area contributed by atoms with Crippen molar-refractivity contribution in [1.29, 1.82) is 0 Å². The number of rotatable bonds is 2. The highest BCUT2D eigenvalue weighted by Crippen LogP contribution is 2.32. The van der Waals surface area contributed by atoms with Crippen LogP contribution in [0.2, 0.25) is 0 Å². The predicted octanol–water partition coefficient (Wildman–Crippen LogP) is 3.11. The van der Waals surface area contributed by atoms with E-state index in [1.165, 1.54) is 0 Å². The van der Waals surface area contributed by atoms with Gasteiger partial charge < -0.3 is 4.90 Å². The highest BCUT2D eigenvalue weighted by atomic mass is 35.5. The molecule has 1 aromatic rings. The molecule has 1 unspecified atom stereocenters. The van der Waals surface area contributed by atoms with Crippen LogP contribution in [0, 0.1) is 0 Å². The SMILES string of the molecule is CC1C(Cl)=C(Cl)C(=O)N1Cc1ccccc1. The van der Waals surface area contributed by atoms with Crippen molar-refractivity contribution in [3.63, 3.8) is 0 Å². The third kappa shape index (κ3) is 1.95. The summed E-state index contributed by atoms with van der Waals surface area (Å²) in [5.41, 5.74) is 1.07. The normalized spacial score (nSPS) is 20.8. The van der Waals surface area contributed by atoms with Gasteiger partial charge in [-0.25, -0.2) is 0 Å². The standard InChI is InChI=1S/C12H11Cl2NO/c1-8-10(13)11(14)12(16)15(8)7-9-5-3-2-4-6-9/h2-6,8H,7H2,1H3. The molecule has 0 N–H and O–H groups in total. The molecule has 0 fully saturated rings. The molecule has 1 aliphatic heterocycles. The Hall–Kier alpha value is -0.990. The average Bonchev–Trinajstić information content (AvgIpc) is 2.48. The molecule has 0 radical (unpaired) electrons. The summed E-state index contributed by atoms with van der Waals surface area (Å²) >= 11 is 11.8. The maximum Gasteiger partial charge on any atom is 0.267 e. The van der Waals surface area contributed by atoms with Crippen LogP contribution in [0.25, 0.3) is 0 Å². The number of halogens is 2. The lowest BCUT2D eigenvalue weighted by molar-refractivity contribution is -0.126.